The van der Waals surface area contributed by atoms with E-state index in [1.54, 1.807) is 16.5 Å². The van der Waals surface area contributed by atoms with Gasteiger partial charge in [-0.15, -0.1) is 10.2 Å². The molecule has 3 heterocycles. The fourth-order valence-electron chi connectivity index (χ4n) is 3.13. The first-order valence-corrected chi connectivity index (χ1v) is 9.51. The van der Waals surface area contributed by atoms with Crippen LogP contribution in [0.1, 0.15) is 40.1 Å². The van der Waals surface area contributed by atoms with Crippen LogP contribution < -0.4 is 20.7 Å². The highest BCUT2D eigenvalue weighted by Crippen LogP contribution is 2.33. The van der Waals surface area contributed by atoms with Gasteiger partial charge in [0, 0.05) is 35.7 Å². The monoisotopic (exact) mass is 412 g/mol. The fourth-order valence-corrected chi connectivity index (χ4v) is 3.13. The fraction of sp³-hybridized carbons (Fsp3) is 0.350. The Hall–Kier alpha value is -3.69. The molecule has 0 saturated heterocycles. The van der Waals surface area contributed by atoms with E-state index in [4.69, 9.17) is 8.85 Å². The van der Waals surface area contributed by atoms with Gasteiger partial charge < -0.3 is 20.7 Å². The predicted molar refractivity (Wildman–Crippen MR) is 111 cm³/mol. The number of nitrogens with zero attached hydrogens (tertiary/aromatic N) is 4. The third kappa shape index (κ3) is 3.63. The first kappa shape index (κ1) is 16.1. The molecule has 1 fully saturated rings. The van der Waals surface area contributed by atoms with Gasteiger partial charge in [-0.1, -0.05) is 6.92 Å². The molecule has 1 saturated carbocycles. The number of nitrogens with one attached hydrogen (secondary N) is 3. The van der Waals surface area contributed by atoms with Gasteiger partial charge in [0.05, 0.1) is 18.4 Å². The molecule has 1 aliphatic rings. The molecule has 4 rings (SSSR count). The summed E-state index contributed by atoms with van der Waals surface area (Å²) in [5.41, 5.74) is 1.29. The van der Waals surface area contributed by atoms with Crippen LogP contribution in [-0.2, 0) is 11.2 Å². The van der Waals surface area contributed by atoms with Gasteiger partial charge in [0.25, 0.3) is 5.91 Å². The van der Waals surface area contributed by atoms with E-state index in [0.717, 1.165) is 12.8 Å². The quantitative estimate of drug-likeness (QED) is 0.543. The van der Waals surface area contributed by atoms with Gasteiger partial charge in [-0.3, -0.25) is 9.59 Å². The number of fused-ring (bicyclic) bond motifs is 1. The molecule has 0 unspecified atom stereocenters. The molecule has 3 N–H and O–H groups in total. The minimum absolute atomic E-state index is 0.0165. The first-order chi connectivity index (χ1) is 15.7. The zero-order valence-electron chi connectivity index (χ0n) is 19.5. The number of hydrogen-bond acceptors (Lipinski definition) is 7. The highest BCUT2D eigenvalue weighted by atomic mass is 16.5. The lowest BCUT2D eigenvalue weighted by Gasteiger charge is -2.16. The summed E-state index contributed by atoms with van der Waals surface area (Å²) in [5, 5.41) is 16.1. The summed E-state index contributed by atoms with van der Waals surface area (Å²) in [6.07, 6.45) is 3.48. The van der Waals surface area contributed by atoms with Crippen molar-refractivity contribution in [2.75, 3.05) is 24.7 Å². The summed E-state index contributed by atoms with van der Waals surface area (Å²) < 4.78 is 29.3. The Morgan fingerprint density at radius 3 is 2.83 bits per heavy atom. The van der Waals surface area contributed by atoms with E-state index in [2.05, 4.69) is 25.8 Å². The Labute approximate surface area is 177 Å². The van der Waals surface area contributed by atoms with E-state index < -0.39 is 12.9 Å². The van der Waals surface area contributed by atoms with Crippen molar-refractivity contribution in [2.45, 2.75) is 26.2 Å². The molecular formula is C20H23N7O3. The van der Waals surface area contributed by atoms with Gasteiger partial charge in [0.15, 0.2) is 5.65 Å². The Bertz CT molecular complexity index is 1220. The minimum atomic E-state index is -2.68. The largest absolute Gasteiger partial charge is 0.480 e. The smallest absolute Gasteiger partial charge is 0.254 e. The van der Waals surface area contributed by atoms with Crippen molar-refractivity contribution in [2.24, 2.45) is 5.92 Å². The summed E-state index contributed by atoms with van der Waals surface area (Å²) in [7, 11) is 1.50. The molecule has 1 aliphatic carbocycles. The lowest BCUT2D eigenvalue weighted by molar-refractivity contribution is -0.117. The zero-order valence-corrected chi connectivity index (χ0v) is 16.5. The van der Waals surface area contributed by atoms with Crippen LogP contribution in [0, 0.1) is 5.92 Å². The van der Waals surface area contributed by atoms with Crippen molar-refractivity contribution in [3.63, 3.8) is 0 Å². The van der Waals surface area contributed by atoms with Crippen LogP contribution in [0.2, 0.25) is 0 Å². The number of rotatable bonds is 7. The lowest BCUT2D eigenvalue weighted by atomic mass is 10.2. The molecule has 3 aromatic rings. The van der Waals surface area contributed by atoms with E-state index in [0.29, 0.717) is 29.5 Å². The van der Waals surface area contributed by atoms with Crippen molar-refractivity contribution in [3.05, 3.63) is 35.8 Å². The Morgan fingerprint density at radius 2 is 2.13 bits per heavy atom. The second-order valence-electron chi connectivity index (χ2n) is 6.88. The van der Waals surface area contributed by atoms with Gasteiger partial charge in [-0.2, -0.15) is 0 Å². The van der Waals surface area contributed by atoms with E-state index in [1.165, 1.54) is 19.4 Å². The molecule has 10 nitrogen and oxygen atoms in total. The number of hydrogen-bond donors (Lipinski definition) is 3. The number of aromatic nitrogens is 4. The highest BCUT2D eigenvalue weighted by Gasteiger charge is 2.30. The van der Waals surface area contributed by atoms with Crippen LogP contribution in [0.15, 0.2) is 24.4 Å². The van der Waals surface area contributed by atoms with E-state index >= 15 is 0 Å². The van der Waals surface area contributed by atoms with Crippen molar-refractivity contribution >= 4 is 34.7 Å². The number of methoxy groups -OCH3 is 1. The van der Waals surface area contributed by atoms with Gasteiger partial charge in [-0.05, 0) is 25.0 Å². The number of aryl methyl sites for hydroxylation is 1. The highest BCUT2D eigenvalue weighted by molar-refractivity contribution is 6.01. The maximum absolute atomic E-state index is 12.7. The minimum Gasteiger partial charge on any atom is -0.480 e. The van der Waals surface area contributed by atoms with Crippen LogP contribution >= 0.6 is 0 Å². The summed E-state index contributed by atoms with van der Waals surface area (Å²) in [6, 6.07) is 4.91. The summed E-state index contributed by atoms with van der Waals surface area (Å²) in [5.74, 6) is 0.284. The van der Waals surface area contributed by atoms with Gasteiger partial charge in [-0.25, -0.2) is 9.38 Å². The van der Waals surface area contributed by atoms with Crippen molar-refractivity contribution < 1.29 is 18.4 Å². The van der Waals surface area contributed by atoms with Crippen LogP contribution in [0.3, 0.4) is 0 Å². The molecule has 2 amide bonds. The third-order valence-corrected chi connectivity index (χ3v) is 4.83. The molecule has 30 heavy (non-hydrogen) atoms. The number of ether oxygens (including phenoxy) is 1. The molecule has 3 aromatic heterocycles. The molecule has 0 aliphatic heterocycles. The maximum Gasteiger partial charge on any atom is 0.254 e. The van der Waals surface area contributed by atoms with E-state index in [-0.39, 0.29) is 28.9 Å². The number of carbonyl (C=O) groups is 2. The average Bonchev–Trinajstić information content (AvgIpc) is 3.52. The summed E-state index contributed by atoms with van der Waals surface area (Å²) in [4.78, 5) is 29.0. The number of anilines is 3. The molecule has 0 radical (unpaired) electrons. The van der Waals surface area contributed by atoms with Crippen molar-refractivity contribution in [1.29, 1.82) is 0 Å². The average molecular weight is 412 g/mol. The van der Waals surface area contributed by atoms with E-state index in [1.807, 2.05) is 12.2 Å². The Kier molecular flexibility index (Phi) is 4.29. The van der Waals surface area contributed by atoms with Gasteiger partial charge in [0.2, 0.25) is 11.8 Å². The zero-order chi connectivity index (χ0) is 23.8. The third-order valence-electron chi connectivity index (χ3n) is 4.83. The lowest BCUT2D eigenvalue weighted by Crippen LogP contribution is -2.20. The topological polar surface area (TPSA) is 123 Å². The Morgan fingerprint density at radius 1 is 1.30 bits per heavy atom. The summed E-state index contributed by atoms with van der Waals surface area (Å²) in [6.45, 7) is -0.743. The second kappa shape index (κ2) is 7.97. The van der Waals surface area contributed by atoms with Crippen molar-refractivity contribution in [3.8, 4) is 5.88 Å². The summed E-state index contributed by atoms with van der Waals surface area (Å²) >= 11 is 0. The van der Waals surface area contributed by atoms with Crippen LogP contribution in [-0.4, -0.2) is 45.5 Å². The standard InChI is InChI=1S/C20H23N7O3/c1-4-16-25-26-17-8-7-13(20(30-3)27(16)17)23-14-9-15(24-18(28)11-5-6-11)22-10-12(14)19(29)21-2/h7-11H,4-6H2,1-3H3,(H,21,29)(H2,22,23,24,28)/i2D3. The van der Waals surface area contributed by atoms with Crippen LogP contribution in [0.5, 0.6) is 5.88 Å². The molecular weight excluding hydrogens is 386 g/mol. The SMILES string of the molecule is [2H]C([2H])([2H])NC(=O)c1cnc(NC(=O)C2CC2)cc1Nc1ccc2nnc(CC)n2c1OC. The first-order valence-electron chi connectivity index (χ1n) is 11.0. The predicted octanol–water partition coefficient (Wildman–Crippen LogP) is 2.15. The van der Waals surface area contributed by atoms with Crippen LogP contribution in [0.4, 0.5) is 17.2 Å². The van der Waals surface area contributed by atoms with Crippen molar-refractivity contribution in [1.82, 2.24) is 24.9 Å². The number of pyridine rings is 2. The second-order valence-corrected chi connectivity index (χ2v) is 6.88. The van der Waals surface area contributed by atoms with Gasteiger partial charge >= 0.3 is 0 Å². The molecule has 0 atom stereocenters. The molecule has 0 spiro atoms. The number of carbonyl (C=O) groups excluding carboxylic acids is 2. The van der Waals surface area contributed by atoms with Gasteiger partial charge in [0.1, 0.15) is 17.3 Å². The Balaban J connectivity index is 1.75. The molecule has 0 aromatic carbocycles. The van der Waals surface area contributed by atoms with E-state index in [9.17, 15) is 9.59 Å². The molecule has 0 bridgehead atoms. The molecule has 156 valence electrons. The van der Waals surface area contributed by atoms with Crippen LogP contribution in [0.25, 0.3) is 5.65 Å². The maximum atomic E-state index is 12.7. The normalized spacial score (nSPS) is 15.1. The number of amides is 2. The molecule has 10 heteroatoms.